The molecule has 0 bridgehead atoms. The number of likely N-dealkylation sites (N-methyl/N-ethyl adjacent to an activating group) is 1. The number of allylic oxidation sites excluding steroid dienone is 2. The Kier molecular flexibility index (Phi) is 5.06. The Bertz CT molecular complexity index is 1390. The van der Waals surface area contributed by atoms with Gasteiger partial charge in [-0.3, -0.25) is 9.59 Å². The Morgan fingerprint density at radius 2 is 1.83 bits per heavy atom. The van der Waals surface area contributed by atoms with Crippen LogP contribution in [-0.2, 0) is 14.3 Å². The summed E-state index contributed by atoms with van der Waals surface area (Å²) in [5.41, 5.74) is 2.34. The van der Waals surface area contributed by atoms with E-state index in [1.807, 2.05) is 33.8 Å². The van der Waals surface area contributed by atoms with Gasteiger partial charge in [-0.15, -0.1) is 0 Å². The quantitative estimate of drug-likeness (QED) is 0.648. The van der Waals surface area contributed by atoms with Crippen LogP contribution in [0, 0.1) is 25.2 Å². The summed E-state index contributed by atoms with van der Waals surface area (Å²) < 4.78 is 12.5. The molecule has 0 spiro atoms. The van der Waals surface area contributed by atoms with E-state index < -0.39 is 11.9 Å². The number of hydrogen-bond donors (Lipinski definition) is 1. The minimum absolute atomic E-state index is 0.0786. The predicted molar refractivity (Wildman–Crippen MR) is 130 cm³/mol. The summed E-state index contributed by atoms with van der Waals surface area (Å²) >= 11 is 0. The number of aryl methyl sites for hydroxylation is 2. The van der Waals surface area contributed by atoms with Gasteiger partial charge in [0.25, 0.3) is 5.91 Å². The van der Waals surface area contributed by atoms with Crippen molar-refractivity contribution in [1.29, 1.82) is 0 Å². The number of benzene rings is 1. The highest BCUT2D eigenvalue weighted by molar-refractivity contribution is 6.08. The average Bonchev–Trinajstić information content (AvgIpc) is 3.24. The Hall–Kier alpha value is -3.35. The molecule has 1 aromatic heterocycles. The van der Waals surface area contributed by atoms with E-state index in [-0.39, 0.29) is 34.6 Å². The van der Waals surface area contributed by atoms with Crippen molar-refractivity contribution in [2.75, 3.05) is 7.05 Å². The van der Waals surface area contributed by atoms with Crippen LogP contribution in [0.15, 0.2) is 39.2 Å². The van der Waals surface area contributed by atoms with Gasteiger partial charge in [-0.1, -0.05) is 27.7 Å². The van der Waals surface area contributed by atoms with Crippen molar-refractivity contribution in [3.05, 3.63) is 57.2 Å². The molecule has 2 aliphatic heterocycles. The summed E-state index contributed by atoms with van der Waals surface area (Å²) in [5, 5.41) is 10.7. The van der Waals surface area contributed by atoms with Gasteiger partial charge in [-0.05, 0) is 42.9 Å². The van der Waals surface area contributed by atoms with Gasteiger partial charge >= 0.3 is 5.97 Å². The van der Waals surface area contributed by atoms with Crippen LogP contribution in [0.25, 0.3) is 11.0 Å². The van der Waals surface area contributed by atoms with Crippen molar-refractivity contribution in [3.63, 3.8) is 0 Å². The van der Waals surface area contributed by atoms with E-state index in [9.17, 15) is 19.5 Å². The predicted octanol–water partition coefficient (Wildman–Crippen LogP) is 5.26. The summed E-state index contributed by atoms with van der Waals surface area (Å²) in [6.45, 7) is 11.7. The molecule has 1 aromatic carbocycles. The van der Waals surface area contributed by atoms with Gasteiger partial charge in [0.05, 0.1) is 23.1 Å². The first-order chi connectivity index (χ1) is 16.3. The van der Waals surface area contributed by atoms with E-state index in [2.05, 4.69) is 0 Å². The standard InChI is InChI=1S/C28H31NO6/c1-12(2)23-25-22(26(31)29(23)7)20(21-18(30)10-28(5,6)11-19(21)35-25)17-9-16(27(32)33)14(4)15-8-13(3)34-24(15)17/h8-9,12,20,23H,10-11H2,1-7H3,(H,32,33)/t20-,23+/m0/s1. The fraction of sp³-hybridized carbons (Fsp3) is 0.464. The molecule has 0 saturated heterocycles. The second-order valence-corrected chi connectivity index (χ2v) is 11.2. The summed E-state index contributed by atoms with van der Waals surface area (Å²) in [4.78, 5) is 41.2. The van der Waals surface area contributed by atoms with Crippen molar-refractivity contribution in [3.8, 4) is 0 Å². The third kappa shape index (κ3) is 3.35. The van der Waals surface area contributed by atoms with Crippen molar-refractivity contribution in [2.45, 2.75) is 66.3 Å². The molecule has 1 N–H and O–H groups in total. The van der Waals surface area contributed by atoms with E-state index >= 15 is 0 Å². The highest BCUT2D eigenvalue weighted by atomic mass is 16.5. The first-order valence-electron chi connectivity index (χ1n) is 12.0. The van der Waals surface area contributed by atoms with Crippen molar-refractivity contribution in [1.82, 2.24) is 4.90 Å². The molecule has 0 unspecified atom stereocenters. The summed E-state index contributed by atoms with van der Waals surface area (Å²) in [5.74, 6) is -0.229. The van der Waals surface area contributed by atoms with Crippen LogP contribution >= 0.6 is 0 Å². The van der Waals surface area contributed by atoms with Gasteiger partial charge in [-0.25, -0.2) is 4.79 Å². The number of carbonyl (C=O) groups excluding carboxylic acids is 2. The molecule has 1 aliphatic carbocycles. The number of ether oxygens (including phenoxy) is 1. The normalized spacial score (nSPS) is 23.8. The minimum atomic E-state index is -1.06. The smallest absolute Gasteiger partial charge is 0.335 e. The molecular weight excluding hydrogens is 446 g/mol. The van der Waals surface area contributed by atoms with Crippen molar-refractivity contribution >= 4 is 28.6 Å². The van der Waals surface area contributed by atoms with Gasteiger partial charge in [0.15, 0.2) is 5.78 Å². The average molecular weight is 478 g/mol. The molecular formula is C28H31NO6. The van der Waals surface area contributed by atoms with Crippen LogP contribution < -0.4 is 0 Å². The number of furan rings is 1. The van der Waals surface area contributed by atoms with Crippen LogP contribution in [0.2, 0.25) is 0 Å². The lowest BCUT2D eigenvalue weighted by Crippen LogP contribution is -2.36. The molecule has 35 heavy (non-hydrogen) atoms. The van der Waals surface area contributed by atoms with Crippen LogP contribution in [-0.4, -0.2) is 40.8 Å². The first-order valence-corrected chi connectivity index (χ1v) is 12.0. The molecule has 1 amide bonds. The monoisotopic (exact) mass is 477 g/mol. The lowest BCUT2D eigenvalue weighted by Gasteiger charge is -2.38. The number of carboxylic acids is 1. The SMILES string of the molecule is Cc1cc2c(C)c(C(=O)O)cc([C@H]3C4=C(CC(C)(C)CC4=O)OC4=C3C(=O)N(C)[C@@H]4C(C)C)c2o1. The molecule has 0 saturated carbocycles. The number of rotatable bonds is 3. The maximum absolute atomic E-state index is 13.7. The molecule has 5 rings (SSSR count). The first kappa shape index (κ1) is 23.4. The Balaban J connectivity index is 1.87. The Morgan fingerprint density at radius 1 is 1.14 bits per heavy atom. The molecule has 0 radical (unpaired) electrons. The van der Waals surface area contributed by atoms with Gasteiger partial charge in [0, 0.05) is 36.4 Å². The van der Waals surface area contributed by atoms with E-state index in [1.54, 1.807) is 31.9 Å². The van der Waals surface area contributed by atoms with Crippen LogP contribution in [0.3, 0.4) is 0 Å². The lowest BCUT2D eigenvalue weighted by atomic mass is 9.69. The number of ketones is 1. The number of carboxylic acid groups (broad SMARTS) is 1. The highest BCUT2D eigenvalue weighted by Gasteiger charge is 2.52. The van der Waals surface area contributed by atoms with E-state index in [0.29, 0.717) is 63.4 Å². The highest BCUT2D eigenvalue weighted by Crippen LogP contribution is 2.53. The van der Waals surface area contributed by atoms with Crippen LogP contribution in [0.1, 0.15) is 73.7 Å². The van der Waals surface area contributed by atoms with E-state index in [1.165, 1.54) is 0 Å². The number of nitrogens with zero attached hydrogens (tertiary/aromatic N) is 1. The van der Waals surface area contributed by atoms with E-state index in [4.69, 9.17) is 9.15 Å². The zero-order chi connectivity index (χ0) is 25.6. The number of aromatic carboxylic acids is 1. The molecule has 184 valence electrons. The summed E-state index contributed by atoms with van der Waals surface area (Å²) in [7, 11) is 1.75. The molecule has 0 fully saturated rings. The number of amides is 1. The zero-order valence-electron chi connectivity index (χ0n) is 21.2. The molecule has 7 heteroatoms. The minimum Gasteiger partial charge on any atom is -0.478 e. The zero-order valence-corrected chi connectivity index (χ0v) is 21.2. The molecule has 2 aromatic rings. The summed E-state index contributed by atoms with van der Waals surface area (Å²) in [6, 6.07) is 3.12. The van der Waals surface area contributed by atoms with Gasteiger partial charge in [0.2, 0.25) is 0 Å². The largest absolute Gasteiger partial charge is 0.478 e. The van der Waals surface area contributed by atoms with Gasteiger partial charge in [-0.2, -0.15) is 0 Å². The number of Topliss-reactive ketones (excluding diaryl/α,β-unsaturated/α-hetero) is 1. The maximum atomic E-state index is 13.7. The number of hydrogen-bond acceptors (Lipinski definition) is 5. The molecule has 3 heterocycles. The Labute approximate surface area is 204 Å². The van der Waals surface area contributed by atoms with E-state index in [0.717, 1.165) is 0 Å². The third-order valence-electron chi connectivity index (χ3n) is 7.59. The molecule has 7 nitrogen and oxygen atoms in total. The van der Waals surface area contributed by atoms with Gasteiger partial charge < -0.3 is 19.2 Å². The fourth-order valence-corrected chi connectivity index (χ4v) is 6.08. The van der Waals surface area contributed by atoms with Crippen molar-refractivity contribution < 1.29 is 28.6 Å². The molecule has 2 atom stereocenters. The third-order valence-corrected chi connectivity index (χ3v) is 7.59. The number of carbonyl (C=O) groups is 3. The fourth-order valence-electron chi connectivity index (χ4n) is 6.08. The lowest BCUT2D eigenvalue weighted by molar-refractivity contribution is -0.126. The second-order valence-electron chi connectivity index (χ2n) is 11.2. The van der Waals surface area contributed by atoms with Crippen LogP contribution in [0.4, 0.5) is 0 Å². The van der Waals surface area contributed by atoms with Gasteiger partial charge in [0.1, 0.15) is 22.9 Å². The maximum Gasteiger partial charge on any atom is 0.335 e. The number of fused-ring (bicyclic) bond motifs is 1. The second kappa shape index (κ2) is 7.57. The molecule has 3 aliphatic rings. The Morgan fingerprint density at radius 3 is 2.46 bits per heavy atom. The topological polar surface area (TPSA) is 97.0 Å². The van der Waals surface area contributed by atoms with Crippen molar-refractivity contribution in [2.24, 2.45) is 11.3 Å². The van der Waals surface area contributed by atoms with Crippen LogP contribution in [0.5, 0.6) is 0 Å². The summed E-state index contributed by atoms with van der Waals surface area (Å²) in [6.07, 6.45) is 0.881.